The number of alkyl halides is 2. The molecule has 0 atom stereocenters. The molecule has 2 aromatic rings. The molecule has 8 heteroatoms. The monoisotopic (exact) mass is 280 g/mol. The highest BCUT2D eigenvalue weighted by molar-refractivity contribution is 5.47. The van der Waals surface area contributed by atoms with Crippen LogP contribution in [0.25, 0.3) is 0 Å². The summed E-state index contributed by atoms with van der Waals surface area (Å²) in [7, 11) is 0. The Kier molecular flexibility index (Phi) is 2.81. The molecule has 0 aliphatic carbocycles. The van der Waals surface area contributed by atoms with Crippen LogP contribution in [0.4, 0.5) is 20.3 Å². The summed E-state index contributed by atoms with van der Waals surface area (Å²) in [6.45, 7) is 1.62. The molecule has 3 rings (SSSR count). The second kappa shape index (κ2) is 4.39. The number of hydrogen-bond acceptors (Lipinski definition) is 5. The first kappa shape index (κ1) is 12.8. The van der Waals surface area contributed by atoms with Gasteiger partial charge in [0.1, 0.15) is 5.82 Å². The van der Waals surface area contributed by atoms with E-state index in [9.17, 15) is 8.78 Å². The number of nitrogens with zero attached hydrogens (tertiary/aromatic N) is 5. The van der Waals surface area contributed by atoms with Crippen molar-refractivity contribution in [1.82, 2.24) is 19.7 Å². The number of halogens is 2. The van der Waals surface area contributed by atoms with Crippen LogP contribution in [0.1, 0.15) is 11.4 Å². The molecule has 0 amide bonds. The molecule has 0 aromatic carbocycles. The van der Waals surface area contributed by atoms with Crippen molar-refractivity contribution in [2.24, 2.45) is 0 Å². The van der Waals surface area contributed by atoms with Crippen LogP contribution in [0.15, 0.2) is 18.6 Å². The van der Waals surface area contributed by atoms with Gasteiger partial charge < -0.3 is 10.6 Å². The molecule has 1 fully saturated rings. The van der Waals surface area contributed by atoms with E-state index in [0.717, 1.165) is 0 Å². The van der Waals surface area contributed by atoms with Gasteiger partial charge in [0, 0.05) is 6.20 Å². The van der Waals surface area contributed by atoms with Crippen LogP contribution >= 0.6 is 0 Å². The highest BCUT2D eigenvalue weighted by Crippen LogP contribution is 2.31. The summed E-state index contributed by atoms with van der Waals surface area (Å²) in [6, 6.07) is 0. The Balaban J connectivity index is 1.74. The van der Waals surface area contributed by atoms with Crippen LogP contribution < -0.4 is 10.6 Å². The second-order valence-corrected chi connectivity index (χ2v) is 4.95. The van der Waals surface area contributed by atoms with Crippen molar-refractivity contribution < 1.29 is 8.78 Å². The van der Waals surface area contributed by atoms with Gasteiger partial charge in [0.05, 0.1) is 49.1 Å². The third kappa shape index (κ3) is 2.40. The van der Waals surface area contributed by atoms with Gasteiger partial charge in [-0.15, -0.1) is 0 Å². The molecular formula is C12H14F2N6. The molecule has 1 saturated heterocycles. The number of hydrogen-bond donors (Lipinski definition) is 1. The minimum absolute atomic E-state index is 0.294. The summed E-state index contributed by atoms with van der Waals surface area (Å²) in [6.07, 6.45) is 4.83. The zero-order chi connectivity index (χ0) is 14.3. The van der Waals surface area contributed by atoms with Crippen LogP contribution in [-0.2, 0) is 6.54 Å². The molecule has 2 N–H and O–H groups in total. The molecule has 2 aromatic heterocycles. The molecule has 1 aliphatic rings. The third-order valence-electron chi connectivity index (χ3n) is 3.09. The van der Waals surface area contributed by atoms with Gasteiger partial charge in [0.15, 0.2) is 0 Å². The molecule has 0 bridgehead atoms. The summed E-state index contributed by atoms with van der Waals surface area (Å²) >= 11 is 0. The summed E-state index contributed by atoms with van der Waals surface area (Å²) < 4.78 is 27.4. The number of rotatable bonds is 3. The van der Waals surface area contributed by atoms with Gasteiger partial charge >= 0.3 is 0 Å². The molecule has 1 aliphatic heterocycles. The van der Waals surface area contributed by atoms with Gasteiger partial charge in [-0.1, -0.05) is 0 Å². The molecule has 0 radical (unpaired) electrons. The highest BCUT2D eigenvalue weighted by atomic mass is 19.3. The molecule has 0 saturated carbocycles. The van der Waals surface area contributed by atoms with Gasteiger partial charge in [-0.05, 0) is 6.92 Å². The minimum Gasteiger partial charge on any atom is -0.396 e. The first-order chi connectivity index (χ1) is 9.43. The summed E-state index contributed by atoms with van der Waals surface area (Å²) in [5, 5.41) is 4.06. The van der Waals surface area contributed by atoms with Crippen molar-refractivity contribution in [3.8, 4) is 0 Å². The van der Waals surface area contributed by atoms with E-state index < -0.39 is 5.92 Å². The first-order valence-electron chi connectivity index (χ1n) is 6.16. The van der Waals surface area contributed by atoms with E-state index in [1.54, 1.807) is 30.2 Å². The number of aryl methyl sites for hydroxylation is 1. The Bertz CT molecular complexity index is 631. The maximum absolute atomic E-state index is 12.9. The predicted octanol–water partition coefficient (Wildman–Crippen LogP) is 1.07. The van der Waals surface area contributed by atoms with Crippen molar-refractivity contribution in [3.63, 3.8) is 0 Å². The second-order valence-electron chi connectivity index (χ2n) is 4.95. The van der Waals surface area contributed by atoms with Crippen LogP contribution in [0.5, 0.6) is 0 Å². The maximum atomic E-state index is 12.9. The zero-order valence-electron chi connectivity index (χ0n) is 10.9. The lowest BCUT2D eigenvalue weighted by molar-refractivity contribution is -0.0268. The Morgan fingerprint density at radius 3 is 2.65 bits per heavy atom. The fourth-order valence-corrected chi connectivity index (χ4v) is 2.20. The average molecular weight is 280 g/mol. The minimum atomic E-state index is -2.61. The van der Waals surface area contributed by atoms with Crippen LogP contribution in [-0.4, -0.2) is 38.8 Å². The first-order valence-corrected chi connectivity index (χ1v) is 6.16. The fourth-order valence-electron chi connectivity index (χ4n) is 2.20. The number of nitrogens with two attached hydrogens (primary N) is 1. The fraction of sp³-hybridized carbons (Fsp3) is 0.417. The standard InChI is InChI=1S/C12H14F2N6/c1-8-11(19-6-12(13,14)7-19)16-3-10(18-8)5-20-4-9(15)2-17-20/h2-4H,5-7,15H2,1H3. The van der Waals surface area contributed by atoms with Gasteiger partial charge in [0.25, 0.3) is 5.92 Å². The van der Waals surface area contributed by atoms with Crippen molar-refractivity contribution in [2.75, 3.05) is 23.7 Å². The lowest BCUT2D eigenvalue weighted by Gasteiger charge is -2.39. The Hall–Kier alpha value is -2.25. The van der Waals surface area contributed by atoms with Crippen molar-refractivity contribution in [1.29, 1.82) is 0 Å². The SMILES string of the molecule is Cc1nc(Cn2cc(N)cn2)cnc1N1CC(F)(F)C1. The van der Waals surface area contributed by atoms with E-state index in [1.165, 1.54) is 4.90 Å². The number of nitrogen functional groups attached to an aromatic ring is 1. The predicted molar refractivity (Wildman–Crippen MR) is 69.7 cm³/mol. The van der Waals surface area contributed by atoms with Crippen molar-refractivity contribution in [3.05, 3.63) is 30.0 Å². The Morgan fingerprint density at radius 1 is 1.35 bits per heavy atom. The third-order valence-corrected chi connectivity index (χ3v) is 3.09. The lowest BCUT2D eigenvalue weighted by Crippen LogP contribution is -2.57. The number of anilines is 2. The average Bonchev–Trinajstić information content (AvgIpc) is 2.72. The molecule has 0 spiro atoms. The zero-order valence-corrected chi connectivity index (χ0v) is 10.9. The molecule has 20 heavy (non-hydrogen) atoms. The molecule has 6 nitrogen and oxygen atoms in total. The van der Waals surface area contributed by atoms with E-state index in [-0.39, 0.29) is 13.1 Å². The van der Waals surface area contributed by atoms with Gasteiger partial charge in [-0.3, -0.25) is 9.67 Å². The lowest BCUT2D eigenvalue weighted by atomic mass is 10.1. The van der Waals surface area contributed by atoms with Crippen molar-refractivity contribution in [2.45, 2.75) is 19.4 Å². The summed E-state index contributed by atoms with van der Waals surface area (Å²) in [4.78, 5) is 10.1. The van der Waals surface area contributed by atoms with Crippen molar-refractivity contribution >= 4 is 11.5 Å². The van der Waals surface area contributed by atoms with E-state index >= 15 is 0 Å². The largest absolute Gasteiger partial charge is 0.396 e. The van der Waals surface area contributed by atoms with Crippen LogP contribution in [0.3, 0.4) is 0 Å². The van der Waals surface area contributed by atoms with Gasteiger partial charge in [-0.2, -0.15) is 5.10 Å². The van der Waals surface area contributed by atoms with Gasteiger partial charge in [0.2, 0.25) is 0 Å². The van der Waals surface area contributed by atoms with E-state index in [0.29, 0.717) is 29.4 Å². The maximum Gasteiger partial charge on any atom is 0.282 e. The molecular weight excluding hydrogens is 266 g/mol. The number of aromatic nitrogens is 4. The summed E-state index contributed by atoms with van der Waals surface area (Å²) in [5.74, 6) is -2.10. The topological polar surface area (TPSA) is 72.9 Å². The summed E-state index contributed by atoms with van der Waals surface area (Å²) in [5.41, 5.74) is 7.50. The highest BCUT2D eigenvalue weighted by Gasteiger charge is 2.45. The Morgan fingerprint density at radius 2 is 2.10 bits per heavy atom. The quantitative estimate of drug-likeness (QED) is 0.910. The van der Waals surface area contributed by atoms with E-state index in [2.05, 4.69) is 15.1 Å². The van der Waals surface area contributed by atoms with E-state index in [1.807, 2.05) is 0 Å². The van der Waals surface area contributed by atoms with Gasteiger partial charge in [-0.25, -0.2) is 13.8 Å². The normalized spacial score (nSPS) is 17.1. The molecule has 3 heterocycles. The smallest absolute Gasteiger partial charge is 0.282 e. The Labute approximate surface area is 114 Å². The van der Waals surface area contributed by atoms with E-state index in [4.69, 9.17) is 5.73 Å². The molecule has 106 valence electrons. The molecule has 0 unspecified atom stereocenters. The van der Waals surface area contributed by atoms with Crippen LogP contribution in [0, 0.1) is 6.92 Å². The van der Waals surface area contributed by atoms with Crippen LogP contribution in [0.2, 0.25) is 0 Å².